The molecule has 0 radical (unpaired) electrons. The second-order valence-corrected chi connectivity index (χ2v) is 4.55. The van der Waals surface area contributed by atoms with Crippen LogP contribution < -0.4 is 9.64 Å². The number of carboxylic acid groups (broad SMARTS) is 1. The third kappa shape index (κ3) is 4.65. The molecule has 0 heterocycles. The van der Waals surface area contributed by atoms with Crippen molar-refractivity contribution in [3.05, 3.63) is 24.3 Å². The van der Waals surface area contributed by atoms with Gasteiger partial charge in [0.1, 0.15) is 5.75 Å². The number of hydrogen-bond donors (Lipinski definition) is 1. The molecule has 0 bridgehead atoms. The lowest BCUT2D eigenvalue weighted by Gasteiger charge is -2.23. The summed E-state index contributed by atoms with van der Waals surface area (Å²) in [5.41, 5.74) is 0.997. The largest absolute Gasteiger partial charge is 0.489 e. The first-order chi connectivity index (χ1) is 8.50. The average Bonchev–Trinajstić information content (AvgIpc) is 2.28. The van der Waals surface area contributed by atoms with E-state index in [-0.39, 0.29) is 12.5 Å². The van der Waals surface area contributed by atoms with E-state index in [0.717, 1.165) is 11.4 Å². The van der Waals surface area contributed by atoms with Crippen molar-refractivity contribution in [2.45, 2.75) is 32.8 Å². The predicted octanol–water partition coefficient (Wildman–Crippen LogP) is 2.77. The van der Waals surface area contributed by atoms with Crippen molar-refractivity contribution in [1.29, 1.82) is 0 Å². The highest BCUT2D eigenvalue weighted by atomic mass is 16.5. The Morgan fingerprint density at radius 2 is 2.06 bits per heavy atom. The summed E-state index contributed by atoms with van der Waals surface area (Å²) in [5, 5.41) is 8.63. The van der Waals surface area contributed by atoms with E-state index in [2.05, 4.69) is 0 Å². The Morgan fingerprint density at radius 1 is 1.39 bits per heavy atom. The summed E-state index contributed by atoms with van der Waals surface area (Å²) in [6.45, 7) is 4.67. The molecular formula is C14H21NO3. The van der Waals surface area contributed by atoms with Crippen LogP contribution in [0.4, 0.5) is 5.69 Å². The Morgan fingerprint density at radius 3 is 2.67 bits per heavy atom. The van der Waals surface area contributed by atoms with Crippen LogP contribution >= 0.6 is 0 Å². The molecule has 0 saturated carbocycles. The summed E-state index contributed by atoms with van der Waals surface area (Å²) in [4.78, 5) is 12.5. The zero-order chi connectivity index (χ0) is 13.5. The number of ether oxygens (including phenoxy) is 1. The van der Waals surface area contributed by atoms with E-state index in [1.54, 1.807) is 0 Å². The smallest absolute Gasteiger partial charge is 0.303 e. The van der Waals surface area contributed by atoms with Crippen molar-refractivity contribution in [2.24, 2.45) is 0 Å². The van der Waals surface area contributed by atoms with Gasteiger partial charge in [0, 0.05) is 20.0 Å². The average molecular weight is 251 g/mol. The molecule has 0 fully saturated rings. The molecule has 1 aromatic rings. The maximum Gasteiger partial charge on any atom is 0.303 e. The first-order valence-corrected chi connectivity index (χ1v) is 6.19. The zero-order valence-corrected chi connectivity index (χ0v) is 11.2. The molecule has 1 rings (SSSR count). The molecule has 0 spiro atoms. The van der Waals surface area contributed by atoms with Gasteiger partial charge in [0.25, 0.3) is 0 Å². The van der Waals surface area contributed by atoms with Gasteiger partial charge >= 0.3 is 5.97 Å². The molecule has 0 unspecified atom stereocenters. The summed E-state index contributed by atoms with van der Waals surface area (Å²) in [7, 11) is 1.95. The third-order valence-corrected chi connectivity index (χ3v) is 2.52. The van der Waals surface area contributed by atoms with Gasteiger partial charge in [0.15, 0.2) is 0 Å². The van der Waals surface area contributed by atoms with Crippen LogP contribution in [0, 0.1) is 0 Å². The molecule has 18 heavy (non-hydrogen) atoms. The molecule has 100 valence electrons. The lowest BCUT2D eigenvalue weighted by atomic mass is 10.2. The number of anilines is 1. The second kappa shape index (κ2) is 6.89. The van der Waals surface area contributed by atoms with Crippen molar-refractivity contribution in [1.82, 2.24) is 0 Å². The van der Waals surface area contributed by atoms with Crippen LogP contribution in [-0.2, 0) is 4.79 Å². The standard InChI is InChI=1S/C14H21NO3/c1-11(2)18-13-8-5-4-7-12(13)15(3)10-6-9-14(16)17/h4-5,7-8,11H,6,9-10H2,1-3H3,(H,16,17). The summed E-state index contributed by atoms with van der Waals surface area (Å²) in [6, 6.07) is 7.81. The van der Waals surface area contributed by atoms with Crippen LogP contribution in [0.5, 0.6) is 5.75 Å². The van der Waals surface area contributed by atoms with Gasteiger partial charge in [-0.1, -0.05) is 12.1 Å². The Balaban J connectivity index is 2.66. The van der Waals surface area contributed by atoms with Crippen molar-refractivity contribution < 1.29 is 14.6 Å². The minimum Gasteiger partial charge on any atom is -0.489 e. The second-order valence-electron chi connectivity index (χ2n) is 4.55. The minimum absolute atomic E-state index is 0.124. The third-order valence-electron chi connectivity index (χ3n) is 2.52. The Bertz CT molecular complexity index is 390. The number of para-hydroxylation sites is 2. The topological polar surface area (TPSA) is 49.8 Å². The molecule has 0 aromatic heterocycles. The summed E-state index contributed by atoms with van der Waals surface area (Å²) < 4.78 is 5.74. The molecule has 1 N–H and O–H groups in total. The number of hydrogen-bond acceptors (Lipinski definition) is 3. The molecule has 0 amide bonds. The lowest BCUT2D eigenvalue weighted by molar-refractivity contribution is -0.137. The first-order valence-electron chi connectivity index (χ1n) is 6.19. The number of nitrogens with zero attached hydrogens (tertiary/aromatic N) is 1. The van der Waals surface area contributed by atoms with Crippen LogP contribution in [0.1, 0.15) is 26.7 Å². The highest BCUT2D eigenvalue weighted by molar-refractivity contribution is 5.66. The maximum atomic E-state index is 10.5. The van der Waals surface area contributed by atoms with Gasteiger partial charge < -0.3 is 14.7 Å². The Kier molecular flexibility index (Phi) is 5.49. The Labute approximate surface area is 108 Å². The van der Waals surface area contributed by atoms with E-state index < -0.39 is 5.97 Å². The van der Waals surface area contributed by atoms with Crippen LogP contribution in [0.2, 0.25) is 0 Å². The highest BCUT2D eigenvalue weighted by Gasteiger charge is 2.09. The number of aliphatic carboxylic acids is 1. The number of benzene rings is 1. The highest BCUT2D eigenvalue weighted by Crippen LogP contribution is 2.28. The zero-order valence-electron chi connectivity index (χ0n) is 11.2. The molecule has 0 saturated heterocycles. The van der Waals surface area contributed by atoms with E-state index in [1.165, 1.54) is 0 Å². The molecule has 4 heteroatoms. The molecule has 0 aliphatic heterocycles. The predicted molar refractivity (Wildman–Crippen MR) is 72.3 cm³/mol. The fourth-order valence-electron chi connectivity index (χ4n) is 1.71. The summed E-state index contributed by atoms with van der Waals surface area (Å²) >= 11 is 0. The van der Waals surface area contributed by atoms with Gasteiger partial charge in [-0.05, 0) is 32.4 Å². The lowest BCUT2D eigenvalue weighted by Crippen LogP contribution is -2.20. The Hall–Kier alpha value is -1.71. The number of carboxylic acids is 1. The molecule has 0 aliphatic carbocycles. The van der Waals surface area contributed by atoms with Crippen molar-refractivity contribution >= 4 is 11.7 Å². The van der Waals surface area contributed by atoms with Crippen LogP contribution in [-0.4, -0.2) is 30.8 Å². The monoisotopic (exact) mass is 251 g/mol. The van der Waals surface area contributed by atoms with Crippen molar-refractivity contribution in [3.8, 4) is 5.75 Å². The number of carbonyl (C=O) groups is 1. The summed E-state index contributed by atoms with van der Waals surface area (Å²) in [5.74, 6) is 0.0837. The molecule has 0 aliphatic rings. The van der Waals surface area contributed by atoms with E-state index in [1.807, 2.05) is 50.1 Å². The van der Waals surface area contributed by atoms with Gasteiger partial charge in [-0.15, -0.1) is 0 Å². The van der Waals surface area contributed by atoms with Gasteiger partial charge in [-0.2, -0.15) is 0 Å². The molecule has 1 aromatic carbocycles. The quantitative estimate of drug-likeness (QED) is 0.809. The van der Waals surface area contributed by atoms with E-state index in [4.69, 9.17) is 9.84 Å². The van der Waals surface area contributed by atoms with Gasteiger partial charge in [-0.3, -0.25) is 4.79 Å². The number of rotatable bonds is 7. The molecule has 4 nitrogen and oxygen atoms in total. The van der Waals surface area contributed by atoms with E-state index >= 15 is 0 Å². The van der Waals surface area contributed by atoms with Gasteiger partial charge in [0.05, 0.1) is 11.8 Å². The molecular weight excluding hydrogens is 230 g/mol. The maximum absolute atomic E-state index is 10.5. The normalized spacial score (nSPS) is 10.4. The first kappa shape index (κ1) is 14.4. The van der Waals surface area contributed by atoms with Crippen LogP contribution in [0.3, 0.4) is 0 Å². The summed E-state index contributed by atoms with van der Waals surface area (Å²) in [6.07, 6.45) is 0.943. The van der Waals surface area contributed by atoms with Crippen LogP contribution in [0.15, 0.2) is 24.3 Å². The SMILES string of the molecule is CC(C)Oc1ccccc1N(C)CCCC(=O)O. The molecule has 0 atom stereocenters. The van der Waals surface area contributed by atoms with Crippen molar-refractivity contribution in [2.75, 3.05) is 18.5 Å². The minimum atomic E-state index is -0.755. The van der Waals surface area contributed by atoms with E-state index in [0.29, 0.717) is 13.0 Å². The van der Waals surface area contributed by atoms with Gasteiger partial charge in [-0.25, -0.2) is 0 Å². The van der Waals surface area contributed by atoms with Gasteiger partial charge in [0.2, 0.25) is 0 Å². The van der Waals surface area contributed by atoms with Crippen LogP contribution in [0.25, 0.3) is 0 Å². The van der Waals surface area contributed by atoms with Crippen molar-refractivity contribution in [3.63, 3.8) is 0 Å². The van der Waals surface area contributed by atoms with E-state index in [9.17, 15) is 4.79 Å². The fourth-order valence-corrected chi connectivity index (χ4v) is 1.71. The fraction of sp³-hybridized carbons (Fsp3) is 0.500.